The second-order valence-corrected chi connectivity index (χ2v) is 5.62. The van der Waals surface area contributed by atoms with E-state index < -0.39 is 41.8 Å². The van der Waals surface area contributed by atoms with E-state index >= 15 is 0 Å². The highest BCUT2D eigenvalue weighted by molar-refractivity contribution is 5.89. The Morgan fingerprint density at radius 2 is 1.62 bits per heavy atom. The zero-order valence-corrected chi connectivity index (χ0v) is 13.2. The number of hydrogen-bond donors (Lipinski definition) is 3. The van der Waals surface area contributed by atoms with Gasteiger partial charge in [-0.15, -0.1) is 0 Å². The molecule has 0 spiro atoms. The van der Waals surface area contributed by atoms with E-state index in [4.69, 9.17) is 4.74 Å². The van der Waals surface area contributed by atoms with Crippen LogP contribution in [0.4, 0.5) is 4.79 Å². The van der Waals surface area contributed by atoms with Crippen molar-refractivity contribution in [3.05, 3.63) is 0 Å². The number of esters is 1. The number of methoxy groups -OCH3 is 1. The molecule has 8 heteroatoms. The van der Waals surface area contributed by atoms with Gasteiger partial charge in [0.15, 0.2) is 6.04 Å². The van der Waals surface area contributed by atoms with E-state index in [0.717, 1.165) is 7.11 Å². The minimum absolute atomic E-state index is 0.642. The van der Waals surface area contributed by atoms with Gasteiger partial charge in [-0.2, -0.15) is 0 Å². The van der Waals surface area contributed by atoms with Crippen LogP contribution >= 0.6 is 0 Å². The van der Waals surface area contributed by atoms with Crippen LogP contribution in [-0.4, -0.2) is 54.0 Å². The van der Waals surface area contributed by atoms with Gasteiger partial charge in [0.25, 0.3) is 0 Å². The largest absolute Gasteiger partial charge is 0.467 e. The third-order valence-electron chi connectivity index (χ3n) is 2.36. The molecule has 0 aliphatic rings. The Morgan fingerprint density at radius 3 is 2.00 bits per heavy atom. The monoisotopic (exact) mass is 304 g/mol. The molecular weight excluding hydrogens is 280 g/mol. The Morgan fingerprint density at radius 1 is 1.10 bits per heavy atom. The fraction of sp³-hybridized carbons (Fsp3) is 0.769. The first-order chi connectivity index (χ1) is 9.47. The number of nitrogens with one attached hydrogen (secondary N) is 2. The van der Waals surface area contributed by atoms with E-state index in [1.54, 1.807) is 20.8 Å². The molecule has 8 nitrogen and oxygen atoms in total. The summed E-state index contributed by atoms with van der Waals surface area (Å²) in [5.74, 6) is -1.42. The Labute approximate surface area is 124 Å². The average Bonchev–Trinajstić information content (AvgIpc) is 2.31. The molecular formula is C13H24N2O6. The number of ether oxygens (including phenoxy) is 2. The van der Waals surface area contributed by atoms with Gasteiger partial charge in [-0.1, -0.05) is 0 Å². The summed E-state index contributed by atoms with van der Waals surface area (Å²) in [6.07, 6.45) is -1.88. The average molecular weight is 304 g/mol. The molecule has 0 heterocycles. The molecule has 0 saturated carbocycles. The maximum absolute atomic E-state index is 11.9. The van der Waals surface area contributed by atoms with Gasteiger partial charge in [0.05, 0.1) is 13.2 Å². The van der Waals surface area contributed by atoms with E-state index in [9.17, 15) is 19.5 Å². The summed E-state index contributed by atoms with van der Waals surface area (Å²) >= 11 is 0. The van der Waals surface area contributed by atoms with Crippen molar-refractivity contribution in [2.75, 3.05) is 7.11 Å². The normalized spacial score (nSPS) is 15.4. The standard InChI is InChI=1S/C13H24N2O6/c1-7(14-12(19)21-13(3,4)5)10(17)15-9(8(2)16)11(18)20-6/h7-9,16H,1-6H3,(H,14,19)(H,15,17)/t7-,8-,9+/m1/s1. The molecule has 0 aromatic rings. The van der Waals surface area contributed by atoms with Crippen LogP contribution in [0.25, 0.3) is 0 Å². The van der Waals surface area contributed by atoms with Gasteiger partial charge in [-0.25, -0.2) is 9.59 Å². The summed E-state index contributed by atoms with van der Waals surface area (Å²) in [5, 5.41) is 14.1. The first-order valence-corrected chi connectivity index (χ1v) is 6.53. The minimum atomic E-state index is -1.20. The van der Waals surface area contributed by atoms with Crippen LogP contribution in [0.15, 0.2) is 0 Å². The number of carbonyl (C=O) groups excluding carboxylic acids is 3. The number of alkyl carbamates (subject to hydrolysis) is 1. The summed E-state index contributed by atoms with van der Waals surface area (Å²) in [6.45, 7) is 7.84. The molecule has 122 valence electrons. The van der Waals surface area contributed by atoms with Crippen LogP contribution in [0.2, 0.25) is 0 Å². The Kier molecular flexibility index (Phi) is 7.14. The van der Waals surface area contributed by atoms with Gasteiger partial charge in [-0.3, -0.25) is 4.79 Å². The van der Waals surface area contributed by atoms with E-state index in [1.165, 1.54) is 13.8 Å². The minimum Gasteiger partial charge on any atom is -0.467 e. The second kappa shape index (κ2) is 7.82. The zero-order chi connectivity index (χ0) is 16.8. The third kappa shape index (κ3) is 7.50. The highest BCUT2D eigenvalue weighted by Gasteiger charge is 2.29. The second-order valence-electron chi connectivity index (χ2n) is 5.62. The van der Waals surface area contributed by atoms with E-state index in [0.29, 0.717) is 0 Å². The highest BCUT2D eigenvalue weighted by atomic mass is 16.6. The van der Waals surface area contributed by atoms with Crippen molar-refractivity contribution < 1.29 is 29.0 Å². The van der Waals surface area contributed by atoms with Crippen molar-refractivity contribution in [2.45, 2.75) is 58.4 Å². The lowest BCUT2D eigenvalue weighted by molar-refractivity contribution is -0.148. The van der Waals surface area contributed by atoms with Gasteiger partial charge < -0.3 is 25.2 Å². The summed E-state index contributed by atoms with van der Waals surface area (Å²) in [5.41, 5.74) is -0.686. The molecule has 0 fully saturated rings. The molecule has 0 saturated heterocycles. The zero-order valence-electron chi connectivity index (χ0n) is 13.2. The topological polar surface area (TPSA) is 114 Å². The fourth-order valence-corrected chi connectivity index (χ4v) is 1.33. The molecule has 0 aromatic heterocycles. The van der Waals surface area contributed by atoms with E-state index in [1.807, 2.05) is 0 Å². The number of aliphatic hydroxyl groups excluding tert-OH is 1. The lowest BCUT2D eigenvalue weighted by Crippen LogP contribution is -2.54. The van der Waals surface area contributed by atoms with E-state index in [2.05, 4.69) is 15.4 Å². The van der Waals surface area contributed by atoms with Crippen LogP contribution in [0.5, 0.6) is 0 Å². The van der Waals surface area contributed by atoms with Crippen LogP contribution in [0, 0.1) is 0 Å². The highest BCUT2D eigenvalue weighted by Crippen LogP contribution is 2.06. The number of rotatable bonds is 5. The first kappa shape index (κ1) is 19.2. The summed E-state index contributed by atoms with van der Waals surface area (Å²) in [6, 6.07) is -2.14. The third-order valence-corrected chi connectivity index (χ3v) is 2.36. The molecule has 0 radical (unpaired) electrons. The van der Waals surface area contributed by atoms with Crippen molar-refractivity contribution in [2.24, 2.45) is 0 Å². The smallest absolute Gasteiger partial charge is 0.408 e. The predicted octanol–water partition coefficient (Wildman–Crippen LogP) is -0.0618. The Hall–Kier alpha value is -1.83. The maximum Gasteiger partial charge on any atom is 0.408 e. The van der Waals surface area contributed by atoms with Gasteiger partial charge >= 0.3 is 12.1 Å². The molecule has 0 aliphatic heterocycles. The van der Waals surface area contributed by atoms with Crippen molar-refractivity contribution in [3.63, 3.8) is 0 Å². The van der Waals surface area contributed by atoms with Crippen molar-refractivity contribution in [1.82, 2.24) is 10.6 Å². The van der Waals surface area contributed by atoms with Gasteiger partial charge in [0.2, 0.25) is 5.91 Å². The molecule has 3 atom stereocenters. The maximum atomic E-state index is 11.9. The molecule has 0 aliphatic carbocycles. The SMILES string of the molecule is COC(=O)[C@@H](NC(=O)[C@@H](C)NC(=O)OC(C)(C)C)[C@@H](C)O. The van der Waals surface area contributed by atoms with Gasteiger partial charge in [-0.05, 0) is 34.6 Å². The van der Waals surface area contributed by atoms with Crippen molar-refractivity contribution in [1.29, 1.82) is 0 Å². The number of amides is 2. The fourth-order valence-electron chi connectivity index (χ4n) is 1.33. The van der Waals surface area contributed by atoms with Crippen molar-refractivity contribution in [3.8, 4) is 0 Å². The van der Waals surface area contributed by atoms with E-state index in [-0.39, 0.29) is 0 Å². The molecule has 0 rings (SSSR count). The first-order valence-electron chi connectivity index (χ1n) is 6.53. The van der Waals surface area contributed by atoms with Gasteiger partial charge in [0.1, 0.15) is 11.6 Å². The molecule has 2 amide bonds. The Balaban J connectivity index is 4.57. The molecule has 0 bridgehead atoms. The van der Waals surface area contributed by atoms with Gasteiger partial charge in [0, 0.05) is 0 Å². The lowest BCUT2D eigenvalue weighted by atomic mass is 10.1. The van der Waals surface area contributed by atoms with Crippen molar-refractivity contribution >= 4 is 18.0 Å². The lowest BCUT2D eigenvalue weighted by Gasteiger charge is -2.23. The summed E-state index contributed by atoms with van der Waals surface area (Å²) in [4.78, 5) is 34.8. The molecule has 0 aromatic carbocycles. The number of carbonyl (C=O) groups is 3. The Bertz CT molecular complexity index is 389. The quantitative estimate of drug-likeness (QED) is 0.613. The number of hydrogen-bond acceptors (Lipinski definition) is 6. The predicted molar refractivity (Wildman–Crippen MR) is 74.5 cm³/mol. The summed E-state index contributed by atoms with van der Waals surface area (Å²) < 4.78 is 9.48. The van der Waals surface area contributed by atoms with Crippen LogP contribution in [-0.2, 0) is 19.1 Å². The molecule has 3 N–H and O–H groups in total. The molecule has 21 heavy (non-hydrogen) atoms. The van der Waals surface area contributed by atoms with Crippen LogP contribution in [0.3, 0.4) is 0 Å². The van der Waals surface area contributed by atoms with Crippen LogP contribution in [0.1, 0.15) is 34.6 Å². The molecule has 0 unspecified atom stereocenters. The number of aliphatic hydroxyl groups is 1. The van der Waals surface area contributed by atoms with Crippen LogP contribution < -0.4 is 10.6 Å². The summed E-state index contributed by atoms with van der Waals surface area (Å²) in [7, 11) is 1.15.